The first-order chi connectivity index (χ1) is 15.7. The molecular formula is C24H44O7Si3. The number of carbonyl (C=O) groups excluding carboxylic acids is 1. The van der Waals surface area contributed by atoms with Gasteiger partial charge in [-0.2, -0.15) is 0 Å². The molecule has 0 unspecified atom stereocenters. The Hall–Kier alpha value is -1.60. The van der Waals surface area contributed by atoms with Gasteiger partial charge in [0, 0.05) is 22.4 Å². The molecule has 0 amide bonds. The third-order valence-corrected chi connectivity index (χ3v) is 13.4. The first-order valence-electron chi connectivity index (χ1n) is 11.6. The van der Waals surface area contributed by atoms with Crippen LogP contribution in [0.3, 0.4) is 0 Å². The van der Waals surface area contributed by atoms with E-state index in [-0.39, 0.29) is 0 Å². The number of rotatable bonds is 13. The van der Waals surface area contributed by atoms with Crippen molar-refractivity contribution in [1.82, 2.24) is 0 Å². The average Bonchev–Trinajstić information content (AvgIpc) is 2.71. The van der Waals surface area contributed by atoms with E-state index >= 15 is 0 Å². The number of hydrogen-bond acceptors (Lipinski definition) is 7. The molecular weight excluding hydrogens is 485 g/mol. The summed E-state index contributed by atoms with van der Waals surface area (Å²) in [5.41, 5.74) is 1.71. The summed E-state index contributed by atoms with van der Waals surface area (Å²) in [5.74, 6) is 1.63. The molecule has 0 saturated carbocycles. The zero-order valence-corrected chi connectivity index (χ0v) is 26.2. The van der Waals surface area contributed by atoms with Crippen LogP contribution in [0.15, 0.2) is 6.08 Å². The van der Waals surface area contributed by atoms with Crippen LogP contribution in [0, 0.1) is 5.92 Å². The van der Waals surface area contributed by atoms with Crippen LogP contribution in [0.1, 0.15) is 31.4 Å². The Bertz CT molecular complexity index is 840. The molecule has 0 aliphatic heterocycles. The highest BCUT2D eigenvalue weighted by Crippen LogP contribution is 2.43. The predicted molar refractivity (Wildman–Crippen MR) is 146 cm³/mol. The molecule has 1 aromatic rings. The summed E-state index contributed by atoms with van der Waals surface area (Å²) in [6.07, 6.45) is 4.82. The largest absolute Gasteiger partial charge is 0.492 e. The molecule has 34 heavy (non-hydrogen) atoms. The minimum atomic E-state index is -2.47. The van der Waals surface area contributed by atoms with E-state index in [2.05, 4.69) is 53.1 Å². The van der Waals surface area contributed by atoms with Crippen LogP contribution in [0.25, 0.3) is 6.08 Å². The Kier molecular flexibility index (Phi) is 11.6. The third kappa shape index (κ3) is 8.88. The Labute approximate surface area is 209 Å². The summed E-state index contributed by atoms with van der Waals surface area (Å²) in [7, 11) is -0.285. The second-order valence-corrected chi connectivity index (χ2v) is 22.1. The molecule has 0 N–H and O–H groups in total. The molecule has 0 bridgehead atoms. The molecule has 0 aromatic heterocycles. The Balaban J connectivity index is 4.15. The van der Waals surface area contributed by atoms with Crippen LogP contribution in [-0.4, -0.2) is 60.3 Å². The standard InChI is InChI=1S/C24H44O7Si3/c1-17(2)13-14-18-21(27-4)23(29-6)22(28-5)19(15-16-20(25)26-3)24(18)32(30-33(7,8)9)31-34(10,11)12/h15-17,32H,13-14H2,1-12H3. The lowest BCUT2D eigenvalue weighted by Gasteiger charge is -2.34. The normalized spacial score (nSPS) is 12.5. The van der Waals surface area contributed by atoms with Crippen LogP contribution in [0.5, 0.6) is 17.2 Å². The summed E-state index contributed by atoms with van der Waals surface area (Å²) in [4.78, 5) is 12.1. The smallest absolute Gasteiger partial charge is 0.336 e. The second kappa shape index (κ2) is 12.9. The van der Waals surface area contributed by atoms with Crippen LogP contribution < -0.4 is 19.4 Å². The van der Waals surface area contributed by atoms with Gasteiger partial charge in [0.05, 0.1) is 28.4 Å². The van der Waals surface area contributed by atoms with Crippen molar-refractivity contribution in [2.45, 2.75) is 66.0 Å². The molecule has 0 spiro atoms. The van der Waals surface area contributed by atoms with Crippen molar-refractivity contribution in [1.29, 1.82) is 0 Å². The van der Waals surface area contributed by atoms with E-state index in [9.17, 15) is 4.79 Å². The first-order valence-corrected chi connectivity index (χ1v) is 20.0. The Morgan fingerprint density at radius 1 is 0.853 bits per heavy atom. The summed E-state index contributed by atoms with van der Waals surface area (Å²) in [6.45, 7) is 17.4. The number of benzene rings is 1. The van der Waals surface area contributed by atoms with E-state index in [1.165, 1.54) is 13.2 Å². The van der Waals surface area contributed by atoms with E-state index in [0.717, 1.165) is 29.2 Å². The summed E-state index contributed by atoms with van der Waals surface area (Å²) >= 11 is 0. The van der Waals surface area contributed by atoms with Gasteiger partial charge in [-0.05, 0) is 64.1 Å². The van der Waals surface area contributed by atoms with Crippen LogP contribution in [-0.2, 0) is 24.2 Å². The molecule has 0 aliphatic carbocycles. The quantitative estimate of drug-likeness (QED) is 0.210. The van der Waals surface area contributed by atoms with Gasteiger partial charge < -0.3 is 27.2 Å². The molecule has 0 aliphatic rings. The van der Waals surface area contributed by atoms with E-state index in [1.54, 1.807) is 27.4 Å². The maximum Gasteiger partial charge on any atom is 0.336 e. The highest BCUT2D eigenvalue weighted by Gasteiger charge is 2.37. The van der Waals surface area contributed by atoms with Gasteiger partial charge in [-0.25, -0.2) is 4.79 Å². The van der Waals surface area contributed by atoms with Gasteiger partial charge in [0.25, 0.3) is 0 Å². The zero-order valence-electron chi connectivity index (χ0n) is 23.1. The molecule has 0 fully saturated rings. The van der Waals surface area contributed by atoms with Gasteiger partial charge in [-0.1, -0.05) is 13.8 Å². The lowest BCUT2D eigenvalue weighted by molar-refractivity contribution is -0.134. The van der Waals surface area contributed by atoms with E-state index in [1.807, 2.05) is 0 Å². The maximum atomic E-state index is 12.1. The molecule has 1 aromatic carbocycles. The molecule has 10 heteroatoms. The number of hydrogen-bond donors (Lipinski definition) is 0. The molecule has 194 valence electrons. The van der Waals surface area contributed by atoms with E-state index in [4.69, 9.17) is 27.2 Å². The summed E-state index contributed by atoms with van der Waals surface area (Å²) < 4.78 is 35.9. The predicted octanol–water partition coefficient (Wildman–Crippen LogP) is 4.62. The van der Waals surface area contributed by atoms with E-state index < -0.39 is 31.9 Å². The molecule has 1 rings (SSSR count). The van der Waals surface area contributed by atoms with Crippen molar-refractivity contribution in [3.05, 3.63) is 17.2 Å². The fourth-order valence-corrected chi connectivity index (χ4v) is 11.2. The number of methoxy groups -OCH3 is 4. The Morgan fingerprint density at radius 3 is 1.74 bits per heavy atom. The lowest BCUT2D eigenvalue weighted by atomic mass is 9.98. The zero-order chi connectivity index (χ0) is 26.3. The van der Waals surface area contributed by atoms with Crippen molar-refractivity contribution >= 4 is 43.2 Å². The highest BCUT2D eigenvalue weighted by molar-refractivity contribution is 6.85. The second-order valence-electron chi connectivity index (χ2n) is 10.5. The minimum Gasteiger partial charge on any atom is -0.492 e. The topological polar surface area (TPSA) is 72.5 Å². The molecule has 0 atom stereocenters. The van der Waals surface area contributed by atoms with Crippen LogP contribution in [0.4, 0.5) is 0 Å². The monoisotopic (exact) mass is 528 g/mol. The summed E-state index contributed by atoms with van der Waals surface area (Å²) in [6, 6.07) is 0. The fraction of sp³-hybridized carbons (Fsp3) is 0.625. The van der Waals surface area contributed by atoms with Crippen molar-refractivity contribution in [2.24, 2.45) is 5.92 Å². The van der Waals surface area contributed by atoms with Gasteiger partial charge in [0.2, 0.25) is 5.75 Å². The van der Waals surface area contributed by atoms with Gasteiger partial charge in [-0.3, -0.25) is 0 Å². The highest BCUT2D eigenvalue weighted by atomic mass is 28.4. The van der Waals surface area contributed by atoms with Crippen molar-refractivity contribution < 1.29 is 32.0 Å². The molecule has 0 radical (unpaired) electrons. The van der Waals surface area contributed by atoms with Crippen LogP contribution in [0.2, 0.25) is 39.3 Å². The number of esters is 1. The van der Waals surface area contributed by atoms with Crippen molar-refractivity contribution in [3.8, 4) is 17.2 Å². The van der Waals surface area contributed by atoms with Gasteiger partial charge in [0.1, 0.15) is 0 Å². The minimum absolute atomic E-state index is 0.457. The maximum absolute atomic E-state index is 12.1. The Morgan fingerprint density at radius 2 is 1.35 bits per heavy atom. The SMILES string of the molecule is COC(=O)C=Cc1c(OC)c(OC)c(OC)c(CCC(C)C)c1[SiH](O[Si](C)(C)C)O[Si](C)(C)C. The van der Waals surface area contributed by atoms with Crippen LogP contribution >= 0.6 is 0 Å². The average molecular weight is 529 g/mol. The first kappa shape index (κ1) is 30.4. The van der Waals surface area contributed by atoms with Crippen molar-refractivity contribution in [3.63, 3.8) is 0 Å². The fourth-order valence-electron chi connectivity index (χ4n) is 3.49. The molecule has 0 saturated heterocycles. The lowest BCUT2D eigenvalue weighted by Crippen LogP contribution is -2.52. The van der Waals surface area contributed by atoms with E-state index in [0.29, 0.717) is 23.2 Å². The third-order valence-electron chi connectivity index (χ3n) is 4.87. The molecule has 0 heterocycles. The number of carbonyl (C=O) groups is 1. The van der Waals surface area contributed by atoms with Crippen molar-refractivity contribution in [2.75, 3.05) is 28.4 Å². The van der Waals surface area contributed by atoms with Gasteiger partial charge >= 0.3 is 15.3 Å². The number of ether oxygens (including phenoxy) is 4. The van der Waals surface area contributed by atoms with Gasteiger partial charge in [0.15, 0.2) is 28.1 Å². The van der Waals surface area contributed by atoms with Gasteiger partial charge in [-0.15, -0.1) is 0 Å². The molecule has 7 nitrogen and oxygen atoms in total. The summed E-state index contributed by atoms with van der Waals surface area (Å²) in [5, 5.41) is 0.945.